The van der Waals surface area contributed by atoms with Gasteiger partial charge in [0.05, 0.1) is 6.04 Å². The highest BCUT2D eigenvalue weighted by Crippen LogP contribution is 2.12. The average Bonchev–Trinajstić information content (AvgIpc) is 2.37. The SMILES string of the molecule is Cc1ccc(C(C)NC(=O)NCC(C)CCO)cc1. The van der Waals surface area contributed by atoms with E-state index in [1.165, 1.54) is 5.56 Å². The van der Waals surface area contributed by atoms with Gasteiger partial charge in [0.2, 0.25) is 0 Å². The van der Waals surface area contributed by atoms with Crippen molar-refractivity contribution in [3.05, 3.63) is 35.4 Å². The van der Waals surface area contributed by atoms with Gasteiger partial charge >= 0.3 is 6.03 Å². The van der Waals surface area contributed by atoms with Crippen molar-refractivity contribution in [3.8, 4) is 0 Å². The Morgan fingerprint density at radius 2 is 1.89 bits per heavy atom. The third-order valence-electron chi connectivity index (χ3n) is 3.16. The summed E-state index contributed by atoms with van der Waals surface area (Å²) in [6, 6.07) is 7.93. The Bertz CT molecular complexity index is 390. The Morgan fingerprint density at radius 3 is 2.47 bits per heavy atom. The van der Waals surface area contributed by atoms with Crippen LogP contribution in [-0.4, -0.2) is 24.3 Å². The normalized spacial score (nSPS) is 13.7. The van der Waals surface area contributed by atoms with Crippen LogP contribution in [0.15, 0.2) is 24.3 Å². The quantitative estimate of drug-likeness (QED) is 0.738. The van der Waals surface area contributed by atoms with Crippen LogP contribution in [0.1, 0.15) is 37.4 Å². The molecule has 1 aromatic carbocycles. The minimum absolute atomic E-state index is 0.0197. The predicted molar refractivity (Wildman–Crippen MR) is 77.0 cm³/mol. The molecule has 0 spiro atoms. The fourth-order valence-electron chi connectivity index (χ4n) is 1.78. The monoisotopic (exact) mass is 264 g/mol. The highest BCUT2D eigenvalue weighted by Gasteiger charge is 2.10. The fourth-order valence-corrected chi connectivity index (χ4v) is 1.78. The lowest BCUT2D eigenvalue weighted by Gasteiger charge is -2.17. The van der Waals surface area contributed by atoms with E-state index in [2.05, 4.69) is 10.6 Å². The Morgan fingerprint density at radius 1 is 1.26 bits per heavy atom. The summed E-state index contributed by atoms with van der Waals surface area (Å²) in [5, 5.41) is 14.5. The maximum Gasteiger partial charge on any atom is 0.315 e. The van der Waals surface area contributed by atoms with Gasteiger partial charge in [0, 0.05) is 13.2 Å². The molecule has 0 bridgehead atoms. The average molecular weight is 264 g/mol. The molecule has 2 atom stereocenters. The molecule has 4 nitrogen and oxygen atoms in total. The van der Waals surface area contributed by atoms with Crippen molar-refractivity contribution >= 4 is 6.03 Å². The molecule has 1 aromatic rings. The van der Waals surface area contributed by atoms with Gasteiger partial charge in [0.15, 0.2) is 0 Å². The second-order valence-corrected chi connectivity index (χ2v) is 5.10. The Hall–Kier alpha value is -1.55. The lowest BCUT2D eigenvalue weighted by Crippen LogP contribution is -2.39. The maximum absolute atomic E-state index is 11.7. The van der Waals surface area contributed by atoms with Gasteiger partial charge in [-0.05, 0) is 31.7 Å². The zero-order valence-electron chi connectivity index (χ0n) is 11.9. The van der Waals surface area contributed by atoms with E-state index in [0.717, 1.165) is 5.56 Å². The molecule has 0 heterocycles. The zero-order chi connectivity index (χ0) is 14.3. The van der Waals surface area contributed by atoms with E-state index in [1.807, 2.05) is 45.0 Å². The van der Waals surface area contributed by atoms with E-state index in [9.17, 15) is 4.79 Å². The van der Waals surface area contributed by atoms with Crippen LogP contribution in [-0.2, 0) is 0 Å². The van der Waals surface area contributed by atoms with E-state index in [0.29, 0.717) is 13.0 Å². The summed E-state index contributed by atoms with van der Waals surface area (Å²) in [5.41, 5.74) is 2.29. The number of rotatable bonds is 6. The standard InChI is InChI=1S/C15H24N2O2/c1-11-4-6-14(7-5-11)13(3)17-15(19)16-10-12(2)8-9-18/h4-7,12-13,18H,8-10H2,1-3H3,(H2,16,17,19). The second kappa shape index (κ2) is 7.79. The largest absolute Gasteiger partial charge is 0.396 e. The number of urea groups is 1. The van der Waals surface area contributed by atoms with Crippen LogP contribution in [0.4, 0.5) is 4.79 Å². The van der Waals surface area contributed by atoms with E-state index >= 15 is 0 Å². The highest BCUT2D eigenvalue weighted by molar-refractivity contribution is 5.74. The Labute approximate surface area is 115 Å². The predicted octanol–water partition coefficient (Wildman–Crippen LogP) is 2.37. The third-order valence-corrected chi connectivity index (χ3v) is 3.16. The molecule has 2 amide bonds. The summed E-state index contributed by atoms with van der Waals surface area (Å²) in [7, 11) is 0. The number of benzene rings is 1. The van der Waals surface area contributed by atoms with Crippen LogP contribution in [0.5, 0.6) is 0 Å². The van der Waals surface area contributed by atoms with Gasteiger partial charge in [0.25, 0.3) is 0 Å². The number of amides is 2. The topological polar surface area (TPSA) is 61.4 Å². The number of carbonyl (C=O) groups is 1. The van der Waals surface area contributed by atoms with Crippen molar-refractivity contribution in [2.75, 3.05) is 13.2 Å². The van der Waals surface area contributed by atoms with Crippen molar-refractivity contribution in [1.82, 2.24) is 10.6 Å². The van der Waals surface area contributed by atoms with E-state index < -0.39 is 0 Å². The number of nitrogens with one attached hydrogen (secondary N) is 2. The summed E-state index contributed by atoms with van der Waals surface area (Å²) < 4.78 is 0. The molecule has 3 N–H and O–H groups in total. The number of hydrogen-bond acceptors (Lipinski definition) is 2. The Kier molecular flexibility index (Phi) is 6.36. The molecule has 0 saturated heterocycles. The van der Waals surface area contributed by atoms with Crippen molar-refractivity contribution in [3.63, 3.8) is 0 Å². The molecule has 0 aliphatic carbocycles. The first-order valence-corrected chi connectivity index (χ1v) is 6.74. The van der Waals surface area contributed by atoms with Crippen LogP contribution < -0.4 is 10.6 Å². The van der Waals surface area contributed by atoms with E-state index in [1.54, 1.807) is 0 Å². The molecule has 19 heavy (non-hydrogen) atoms. The van der Waals surface area contributed by atoms with Crippen molar-refractivity contribution in [1.29, 1.82) is 0 Å². The molecule has 0 saturated carbocycles. The maximum atomic E-state index is 11.7. The minimum atomic E-state index is -0.169. The summed E-state index contributed by atoms with van der Waals surface area (Å²) >= 11 is 0. The van der Waals surface area contributed by atoms with Crippen LogP contribution in [0.3, 0.4) is 0 Å². The number of carbonyl (C=O) groups excluding carboxylic acids is 1. The van der Waals surface area contributed by atoms with Gasteiger partial charge < -0.3 is 15.7 Å². The summed E-state index contributed by atoms with van der Waals surface area (Å²) in [6.45, 7) is 6.73. The van der Waals surface area contributed by atoms with Gasteiger partial charge in [-0.3, -0.25) is 0 Å². The van der Waals surface area contributed by atoms with Crippen molar-refractivity contribution in [2.45, 2.75) is 33.2 Å². The number of aryl methyl sites for hydroxylation is 1. The molecule has 0 fully saturated rings. The molecule has 4 heteroatoms. The van der Waals surface area contributed by atoms with Gasteiger partial charge in [0.1, 0.15) is 0 Å². The van der Waals surface area contributed by atoms with Crippen LogP contribution in [0.25, 0.3) is 0 Å². The zero-order valence-corrected chi connectivity index (χ0v) is 11.9. The fraction of sp³-hybridized carbons (Fsp3) is 0.533. The Balaban J connectivity index is 2.37. The van der Waals surface area contributed by atoms with Gasteiger partial charge in [-0.2, -0.15) is 0 Å². The first-order valence-electron chi connectivity index (χ1n) is 6.74. The van der Waals surface area contributed by atoms with Crippen molar-refractivity contribution < 1.29 is 9.90 Å². The summed E-state index contributed by atoms with van der Waals surface area (Å²) in [5.74, 6) is 0.283. The first kappa shape index (κ1) is 15.5. The first-order chi connectivity index (χ1) is 9.02. The van der Waals surface area contributed by atoms with Crippen molar-refractivity contribution in [2.24, 2.45) is 5.92 Å². The molecule has 106 valence electrons. The minimum Gasteiger partial charge on any atom is -0.396 e. The molecule has 0 aromatic heterocycles. The summed E-state index contributed by atoms with van der Waals surface area (Å²) in [4.78, 5) is 11.7. The van der Waals surface area contributed by atoms with Crippen LogP contribution in [0.2, 0.25) is 0 Å². The number of hydrogen-bond donors (Lipinski definition) is 3. The van der Waals surface area contributed by atoms with Crippen LogP contribution in [0, 0.1) is 12.8 Å². The molecule has 2 unspecified atom stereocenters. The lowest BCUT2D eigenvalue weighted by molar-refractivity contribution is 0.231. The second-order valence-electron chi connectivity index (χ2n) is 5.10. The molecular formula is C15H24N2O2. The summed E-state index contributed by atoms with van der Waals surface area (Å²) in [6.07, 6.45) is 0.702. The lowest BCUT2D eigenvalue weighted by atomic mass is 10.1. The smallest absolute Gasteiger partial charge is 0.315 e. The highest BCUT2D eigenvalue weighted by atomic mass is 16.3. The van der Waals surface area contributed by atoms with E-state index in [-0.39, 0.29) is 24.6 Å². The number of aliphatic hydroxyl groups is 1. The van der Waals surface area contributed by atoms with Gasteiger partial charge in [-0.15, -0.1) is 0 Å². The van der Waals surface area contributed by atoms with Gasteiger partial charge in [-0.1, -0.05) is 36.8 Å². The molecular weight excluding hydrogens is 240 g/mol. The number of aliphatic hydroxyl groups excluding tert-OH is 1. The molecule has 1 rings (SSSR count). The molecule has 0 aliphatic heterocycles. The van der Waals surface area contributed by atoms with E-state index in [4.69, 9.17) is 5.11 Å². The molecule has 0 aliphatic rings. The van der Waals surface area contributed by atoms with Crippen LogP contribution >= 0.6 is 0 Å². The van der Waals surface area contributed by atoms with Gasteiger partial charge in [-0.25, -0.2) is 4.79 Å². The molecule has 0 radical (unpaired) electrons. The third kappa shape index (κ3) is 5.75.